The van der Waals surface area contributed by atoms with Crippen LogP contribution in [-0.2, 0) is 6.16 Å². The monoisotopic (exact) mass is 353 g/mol. The summed E-state index contributed by atoms with van der Waals surface area (Å²) in [6.45, 7) is 2.26. The molecule has 1 aromatic rings. The smallest absolute Gasteiger partial charge is 0.156 e. The molecule has 0 amide bonds. The number of aliphatic hydroxyl groups is 2. The Labute approximate surface area is 150 Å². The van der Waals surface area contributed by atoms with Gasteiger partial charge in [0.2, 0.25) is 0 Å². The molecule has 24 heavy (non-hydrogen) atoms. The second-order valence-electron chi connectivity index (χ2n) is 7.17. The van der Waals surface area contributed by atoms with Crippen LogP contribution in [0.5, 0.6) is 0 Å². The Balaban J connectivity index is 2.17. The molecule has 2 nitrogen and oxygen atoms in total. The van der Waals surface area contributed by atoms with Gasteiger partial charge in [0, 0.05) is 0 Å². The predicted octanol–water partition coefficient (Wildman–Crippen LogP) is 6.02. The summed E-state index contributed by atoms with van der Waals surface area (Å²) in [4.78, 5) is 0. The number of unbranched alkanes of at least 4 members (excludes halogenated alkanes) is 9. The molecule has 0 aliphatic carbocycles. The normalized spacial score (nSPS) is 11.8. The maximum absolute atomic E-state index is 9.87. The van der Waals surface area contributed by atoms with E-state index in [0.717, 1.165) is 18.7 Å². The first-order valence-corrected chi connectivity index (χ1v) is 12.4. The largest absolute Gasteiger partial charge is 0.362 e. The lowest BCUT2D eigenvalue weighted by atomic mass is 10.1. The molecule has 1 aromatic carbocycles. The van der Waals surface area contributed by atoms with E-state index in [9.17, 15) is 10.2 Å². The van der Waals surface area contributed by atoms with E-state index in [1.807, 2.05) is 18.2 Å². The summed E-state index contributed by atoms with van der Waals surface area (Å²) >= 11 is 0. The van der Waals surface area contributed by atoms with Gasteiger partial charge >= 0.3 is 0 Å². The summed E-state index contributed by atoms with van der Waals surface area (Å²) in [5, 5.41) is 19.7. The molecule has 0 spiro atoms. The van der Waals surface area contributed by atoms with Gasteiger partial charge in [0.25, 0.3) is 0 Å². The number of rotatable bonds is 15. The summed E-state index contributed by atoms with van der Waals surface area (Å²) in [6.07, 6.45) is 15.5. The van der Waals surface area contributed by atoms with E-state index in [-0.39, 0.29) is 12.7 Å². The van der Waals surface area contributed by atoms with Gasteiger partial charge in [-0.3, -0.25) is 0 Å². The summed E-state index contributed by atoms with van der Waals surface area (Å²) in [7, 11) is -1.64. The van der Waals surface area contributed by atoms with Gasteiger partial charge in [0.05, 0.1) is 19.6 Å². The van der Waals surface area contributed by atoms with Crippen molar-refractivity contribution < 1.29 is 10.2 Å². The number of aliphatic hydroxyl groups excluding tert-OH is 2. The van der Waals surface area contributed by atoms with E-state index in [1.165, 1.54) is 63.4 Å². The van der Waals surface area contributed by atoms with Gasteiger partial charge in [-0.2, -0.15) is 0 Å². The van der Waals surface area contributed by atoms with E-state index < -0.39 is 7.26 Å². The van der Waals surface area contributed by atoms with E-state index in [4.69, 9.17) is 0 Å². The van der Waals surface area contributed by atoms with Crippen molar-refractivity contribution in [2.75, 3.05) is 18.9 Å². The molecule has 2 N–H and O–H groups in total. The fourth-order valence-corrected chi connectivity index (χ4v) is 5.88. The molecule has 0 aliphatic heterocycles. The number of hydrogen-bond acceptors (Lipinski definition) is 2. The van der Waals surface area contributed by atoms with Crippen molar-refractivity contribution in [1.82, 2.24) is 0 Å². The fraction of sp³-hybridized carbons (Fsp3) is 0.714. The fourth-order valence-electron chi connectivity index (χ4n) is 3.27. The highest BCUT2D eigenvalue weighted by Gasteiger charge is 2.35. The van der Waals surface area contributed by atoms with Crippen molar-refractivity contribution in [2.24, 2.45) is 0 Å². The van der Waals surface area contributed by atoms with E-state index >= 15 is 0 Å². The highest BCUT2D eigenvalue weighted by molar-refractivity contribution is 7.74. The van der Waals surface area contributed by atoms with Crippen LogP contribution >= 0.6 is 7.26 Å². The minimum absolute atomic E-state index is 0.176. The average molecular weight is 354 g/mol. The molecule has 0 fully saturated rings. The molecule has 0 atom stereocenters. The average Bonchev–Trinajstić information content (AvgIpc) is 2.63. The first-order chi connectivity index (χ1) is 11.8. The molecule has 0 saturated heterocycles. The van der Waals surface area contributed by atoms with Crippen LogP contribution in [0.1, 0.15) is 76.7 Å². The maximum Gasteiger partial charge on any atom is 0.156 e. The Morgan fingerprint density at radius 2 is 1.21 bits per heavy atom. The van der Waals surface area contributed by atoms with Gasteiger partial charge in [-0.1, -0.05) is 88.6 Å². The van der Waals surface area contributed by atoms with Gasteiger partial charge in [-0.25, -0.2) is 0 Å². The molecule has 0 aromatic heterocycles. The van der Waals surface area contributed by atoms with E-state index in [0.29, 0.717) is 0 Å². The van der Waals surface area contributed by atoms with Crippen LogP contribution in [0, 0.1) is 0 Å². The molecule has 0 unspecified atom stereocenters. The van der Waals surface area contributed by atoms with Gasteiger partial charge < -0.3 is 10.2 Å². The molecule has 0 bridgehead atoms. The van der Waals surface area contributed by atoms with Crippen molar-refractivity contribution in [2.45, 2.75) is 77.3 Å². The van der Waals surface area contributed by atoms with Crippen LogP contribution in [0.25, 0.3) is 0 Å². The lowest BCUT2D eigenvalue weighted by molar-refractivity contribution is 0.336. The van der Waals surface area contributed by atoms with Crippen molar-refractivity contribution in [3.05, 3.63) is 35.9 Å². The van der Waals surface area contributed by atoms with Crippen molar-refractivity contribution in [3.8, 4) is 0 Å². The first kappa shape index (κ1) is 21.6. The van der Waals surface area contributed by atoms with Crippen LogP contribution in [0.4, 0.5) is 0 Å². The van der Waals surface area contributed by atoms with Gasteiger partial charge in [-0.05, 0) is 18.4 Å². The number of benzene rings is 1. The van der Waals surface area contributed by atoms with Crippen molar-refractivity contribution >= 4 is 7.26 Å². The highest BCUT2D eigenvalue weighted by Crippen LogP contribution is 2.60. The highest BCUT2D eigenvalue weighted by atomic mass is 31.2. The van der Waals surface area contributed by atoms with Crippen molar-refractivity contribution in [1.29, 1.82) is 0 Å². The van der Waals surface area contributed by atoms with E-state index in [2.05, 4.69) is 19.1 Å². The lowest BCUT2D eigenvalue weighted by Gasteiger charge is -2.23. The zero-order valence-electron chi connectivity index (χ0n) is 15.6. The minimum Gasteiger partial charge on any atom is -0.362 e. The molecule has 0 radical (unpaired) electrons. The second-order valence-corrected chi connectivity index (χ2v) is 11.2. The first-order valence-electron chi connectivity index (χ1n) is 9.87. The molecule has 0 heterocycles. The van der Waals surface area contributed by atoms with Gasteiger partial charge in [0.15, 0.2) is 12.7 Å². The predicted molar refractivity (Wildman–Crippen MR) is 108 cm³/mol. The maximum atomic E-state index is 9.87. The zero-order chi connectivity index (χ0) is 17.5. The molecule has 0 aliphatic rings. The van der Waals surface area contributed by atoms with Crippen LogP contribution in [-0.4, -0.2) is 29.1 Å². The topological polar surface area (TPSA) is 40.5 Å². The second kappa shape index (κ2) is 13.8. The van der Waals surface area contributed by atoms with Crippen molar-refractivity contribution in [3.63, 3.8) is 0 Å². The van der Waals surface area contributed by atoms with Crippen LogP contribution < -0.4 is 0 Å². The molecule has 0 saturated carbocycles. The molecular weight excluding hydrogens is 315 g/mol. The van der Waals surface area contributed by atoms with Gasteiger partial charge in [-0.15, -0.1) is 0 Å². The SMILES string of the molecule is CCCCCCCCCCCC[P+](CO)(CO)Cc1ccccc1. The Morgan fingerprint density at radius 3 is 1.71 bits per heavy atom. The Morgan fingerprint density at radius 1 is 0.708 bits per heavy atom. The quantitative estimate of drug-likeness (QED) is 0.299. The third kappa shape index (κ3) is 9.16. The summed E-state index contributed by atoms with van der Waals surface area (Å²) in [5.74, 6) is 0. The zero-order valence-corrected chi connectivity index (χ0v) is 16.5. The molecular formula is C21H38O2P+. The lowest BCUT2D eigenvalue weighted by Crippen LogP contribution is -2.10. The summed E-state index contributed by atoms with van der Waals surface area (Å²) < 4.78 is 0. The van der Waals surface area contributed by atoms with Crippen LogP contribution in [0.15, 0.2) is 30.3 Å². The molecule has 138 valence electrons. The third-order valence-electron chi connectivity index (χ3n) is 4.95. The van der Waals surface area contributed by atoms with Crippen LogP contribution in [0.2, 0.25) is 0 Å². The summed E-state index contributed by atoms with van der Waals surface area (Å²) in [5.41, 5.74) is 1.25. The van der Waals surface area contributed by atoms with E-state index in [1.54, 1.807) is 0 Å². The third-order valence-corrected chi connectivity index (χ3v) is 8.45. The minimum atomic E-state index is -1.64. The molecule has 3 heteroatoms. The Kier molecular flexibility index (Phi) is 12.4. The number of hydrogen-bond donors (Lipinski definition) is 2. The molecule has 1 rings (SSSR count). The van der Waals surface area contributed by atoms with Crippen LogP contribution in [0.3, 0.4) is 0 Å². The standard InChI is InChI=1S/C21H38O2P/c1-2-3-4-5-6-7-8-9-10-14-17-24(19-22,20-23)18-21-15-12-11-13-16-21/h11-13,15-16,22-23H,2-10,14,17-20H2,1H3/q+1. The van der Waals surface area contributed by atoms with Gasteiger partial charge in [0.1, 0.15) is 0 Å². The Hall–Kier alpha value is -0.430. The Bertz CT molecular complexity index is 390. The summed E-state index contributed by atoms with van der Waals surface area (Å²) in [6, 6.07) is 10.3.